The van der Waals surface area contributed by atoms with Crippen molar-refractivity contribution in [3.63, 3.8) is 0 Å². The maximum Gasteiger partial charge on any atom is 0.170 e. The minimum atomic E-state index is 0.107. The van der Waals surface area contributed by atoms with Gasteiger partial charge in [0, 0.05) is 6.42 Å². The molecule has 16 heavy (non-hydrogen) atoms. The molecule has 0 saturated heterocycles. The first-order chi connectivity index (χ1) is 7.66. The molecule has 0 aliphatic rings. The zero-order valence-corrected chi connectivity index (χ0v) is 9.49. The second kappa shape index (κ2) is 4.35. The van der Waals surface area contributed by atoms with Gasteiger partial charge in [0.15, 0.2) is 5.78 Å². The fourth-order valence-corrected chi connectivity index (χ4v) is 1.66. The standard InChI is InChI=1S/C14H14O2/c1-10-3-5-12(6-4-10)9-14(15)13-7-8-16-11(13)2/h3-8H,9H2,1-2H3. The van der Waals surface area contributed by atoms with Crippen LogP contribution in [0.2, 0.25) is 0 Å². The molecule has 0 spiro atoms. The van der Waals surface area contributed by atoms with Crippen molar-refractivity contribution in [2.75, 3.05) is 0 Å². The number of rotatable bonds is 3. The van der Waals surface area contributed by atoms with Crippen molar-refractivity contribution in [1.82, 2.24) is 0 Å². The number of hydrogen-bond donors (Lipinski definition) is 0. The van der Waals surface area contributed by atoms with Crippen molar-refractivity contribution >= 4 is 5.78 Å². The zero-order chi connectivity index (χ0) is 11.5. The van der Waals surface area contributed by atoms with Gasteiger partial charge < -0.3 is 4.42 Å². The van der Waals surface area contributed by atoms with Crippen LogP contribution < -0.4 is 0 Å². The highest BCUT2D eigenvalue weighted by molar-refractivity contribution is 5.98. The largest absolute Gasteiger partial charge is 0.469 e. The molecular formula is C14H14O2. The van der Waals surface area contributed by atoms with E-state index < -0.39 is 0 Å². The molecule has 0 bridgehead atoms. The number of Topliss-reactive ketones (excluding diaryl/α,β-unsaturated/α-hetero) is 1. The lowest BCUT2D eigenvalue weighted by atomic mass is 10.0. The van der Waals surface area contributed by atoms with Crippen molar-refractivity contribution < 1.29 is 9.21 Å². The lowest BCUT2D eigenvalue weighted by Gasteiger charge is -2.00. The Labute approximate surface area is 94.9 Å². The van der Waals surface area contributed by atoms with Gasteiger partial charge in [-0.15, -0.1) is 0 Å². The highest BCUT2D eigenvalue weighted by Gasteiger charge is 2.11. The predicted octanol–water partition coefficient (Wildman–Crippen LogP) is 3.32. The minimum absolute atomic E-state index is 0.107. The Morgan fingerprint density at radius 3 is 2.38 bits per heavy atom. The first-order valence-electron chi connectivity index (χ1n) is 5.29. The van der Waals surface area contributed by atoms with Gasteiger partial charge in [-0.05, 0) is 25.5 Å². The molecule has 0 aliphatic carbocycles. The number of carbonyl (C=O) groups is 1. The van der Waals surface area contributed by atoms with E-state index in [1.165, 1.54) is 5.56 Å². The molecule has 1 heterocycles. The van der Waals surface area contributed by atoms with Crippen molar-refractivity contribution in [2.24, 2.45) is 0 Å². The van der Waals surface area contributed by atoms with Crippen molar-refractivity contribution in [2.45, 2.75) is 20.3 Å². The van der Waals surface area contributed by atoms with Crippen molar-refractivity contribution in [3.05, 3.63) is 59.0 Å². The van der Waals surface area contributed by atoms with Gasteiger partial charge >= 0.3 is 0 Å². The summed E-state index contributed by atoms with van der Waals surface area (Å²) in [5, 5.41) is 0. The fourth-order valence-electron chi connectivity index (χ4n) is 1.66. The molecule has 82 valence electrons. The van der Waals surface area contributed by atoms with Gasteiger partial charge in [-0.25, -0.2) is 0 Å². The van der Waals surface area contributed by atoms with Crippen LogP contribution in [0.5, 0.6) is 0 Å². The Balaban J connectivity index is 2.14. The monoisotopic (exact) mass is 214 g/mol. The maximum atomic E-state index is 11.9. The smallest absolute Gasteiger partial charge is 0.170 e. The van der Waals surface area contributed by atoms with Crippen LogP contribution in [0.15, 0.2) is 41.0 Å². The number of benzene rings is 1. The van der Waals surface area contributed by atoms with E-state index in [4.69, 9.17) is 4.42 Å². The molecule has 0 unspecified atom stereocenters. The third-order valence-corrected chi connectivity index (χ3v) is 2.64. The summed E-state index contributed by atoms with van der Waals surface area (Å²) >= 11 is 0. The first-order valence-corrected chi connectivity index (χ1v) is 5.29. The molecule has 0 N–H and O–H groups in total. The molecule has 2 heteroatoms. The molecular weight excluding hydrogens is 200 g/mol. The highest BCUT2D eigenvalue weighted by atomic mass is 16.3. The van der Waals surface area contributed by atoms with E-state index in [0.717, 1.165) is 5.56 Å². The summed E-state index contributed by atoms with van der Waals surface area (Å²) in [6.07, 6.45) is 1.98. The van der Waals surface area contributed by atoms with Gasteiger partial charge in [0.1, 0.15) is 5.76 Å². The molecule has 0 aliphatic heterocycles. The summed E-state index contributed by atoms with van der Waals surface area (Å²) in [7, 11) is 0. The van der Waals surface area contributed by atoms with Crippen LogP contribution in [0.4, 0.5) is 0 Å². The van der Waals surface area contributed by atoms with E-state index >= 15 is 0 Å². The SMILES string of the molecule is Cc1ccc(CC(=O)c2ccoc2C)cc1. The third-order valence-electron chi connectivity index (χ3n) is 2.64. The number of furan rings is 1. The Hall–Kier alpha value is -1.83. The van der Waals surface area contributed by atoms with E-state index in [9.17, 15) is 4.79 Å². The van der Waals surface area contributed by atoms with E-state index in [-0.39, 0.29) is 5.78 Å². The van der Waals surface area contributed by atoms with E-state index in [1.807, 2.05) is 38.1 Å². The second-order valence-corrected chi connectivity index (χ2v) is 3.98. The molecule has 0 amide bonds. The normalized spacial score (nSPS) is 10.4. The van der Waals surface area contributed by atoms with E-state index in [2.05, 4.69) is 0 Å². The molecule has 0 radical (unpaired) electrons. The predicted molar refractivity (Wildman–Crippen MR) is 62.7 cm³/mol. The van der Waals surface area contributed by atoms with E-state index in [0.29, 0.717) is 17.7 Å². The van der Waals surface area contributed by atoms with Gasteiger partial charge in [0.2, 0.25) is 0 Å². The van der Waals surface area contributed by atoms with Crippen LogP contribution >= 0.6 is 0 Å². The first kappa shape index (κ1) is 10.7. The summed E-state index contributed by atoms with van der Waals surface area (Å²) in [4.78, 5) is 11.9. The summed E-state index contributed by atoms with van der Waals surface area (Å²) in [5.41, 5.74) is 2.92. The molecule has 2 aromatic rings. The van der Waals surface area contributed by atoms with Gasteiger partial charge in [0.25, 0.3) is 0 Å². The van der Waals surface area contributed by atoms with Crippen LogP contribution in [0.25, 0.3) is 0 Å². The van der Waals surface area contributed by atoms with Gasteiger partial charge in [-0.3, -0.25) is 4.79 Å². The van der Waals surface area contributed by atoms with Crippen LogP contribution in [0, 0.1) is 13.8 Å². The van der Waals surface area contributed by atoms with Crippen LogP contribution in [0.3, 0.4) is 0 Å². The molecule has 2 rings (SSSR count). The van der Waals surface area contributed by atoms with Crippen molar-refractivity contribution in [1.29, 1.82) is 0 Å². The Bertz CT molecular complexity index is 492. The number of hydrogen-bond acceptors (Lipinski definition) is 2. The topological polar surface area (TPSA) is 30.2 Å². The van der Waals surface area contributed by atoms with Crippen LogP contribution in [-0.4, -0.2) is 5.78 Å². The van der Waals surface area contributed by atoms with Crippen molar-refractivity contribution in [3.8, 4) is 0 Å². The average molecular weight is 214 g/mol. The summed E-state index contributed by atoms with van der Waals surface area (Å²) < 4.78 is 5.12. The Kier molecular flexibility index (Phi) is 2.91. The number of carbonyl (C=O) groups excluding carboxylic acids is 1. The maximum absolute atomic E-state index is 11.9. The lowest BCUT2D eigenvalue weighted by Crippen LogP contribution is -2.03. The molecule has 2 nitrogen and oxygen atoms in total. The Morgan fingerprint density at radius 2 is 1.81 bits per heavy atom. The van der Waals surface area contributed by atoms with Gasteiger partial charge in [-0.1, -0.05) is 29.8 Å². The molecule has 0 saturated carbocycles. The second-order valence-electron chi connectivity index (χ2n) is 3.98. The summed E-state index contributed by atoms with van der Waals surface area (Å²) in [6, 6.07) is 9.74. The lowest BCUT2D eigenvalue weighted by molar-refractivity contribution is 0.0991. The van der Waals surface area contributed by atoms with E-state index in [1.54, 1.807) is 12.3 Å². The van der Waals surface area contributed by atoms with Crippen LogP contribution in [-0.2, 0) is 6.42 Å². The third kappa shape index (κ3) is 2.22. The number of ketones is 1. The fraction of sp³-hybridized carbons (Fsp3) is 0.214. The quantitative estimate of drug-likeness (QED) is 0.734. The summed E-state index contributed by atoms with van der Waals surface area (Å²) in [6.45, 7) is 3.84. The molecule has 0 atom stereocenters. The molecule has 0 fully saturated rings. The minimum Gasteiger partial charge on any atom is -0.469 e. The number of aryl methyl sites for hydroxylation is 2. The highest BCUT2D eigenvalue weighted by Crippen LogP contribution is 2.13. The van der Waals surface area contributed by atoms with Crippen LogP contribution in [0.1, 0.15) is 27.2 Å². The average Bonchev–Trinajstić information content (AvgIpc) is 2.68. The summed E-state index contributed by atoms with van der Waals surface area (Å²) in [5.74, 6) is 0.798. The molecule has 1 aromatic heterocycles. The van der Waals surface area contributed by atoms with Gasteiger partial charge in [-0.2, -0.15) is 0 Å². The Morgan fingerprint density at radius 1 is 1.12 bits per heavy atom. The molecule has 1 aromatic carbocycles. The van der Waals surface area contributed by atoms with Gasteiger partial charge in [0.05, 0.1) is 11.8 Å². The zero-order valence-electron chi connectivity index (χ0n) is 9.49.